The molecule has 0 fully saturated rings. The molecule has 0 bridgehead atoms. The number of nitrogens with one attached hydrogen (secondary N) is 3. The Labute approximate surface area is 182 Å². The second kappa shape index (κ2) is 10.2. The molecule has 9 heteroatoms. The number of para-hydroxylation sites is 1. The normalized spacial score (nSPS) is 12.4. The molecule has 0 aliphatic heterocycles. The van der Waals surface area contributed by atoms with Crippen molar-refractivity contribution in [2.45, 2.75) is 9.96 Å². The lowest BCUT2D eigenvalue weighted by Gasteiger charge is -2.27. The minimum atomic E-state index is -1.84. The van der Waals surface area contributed by atoms with E-state index in [4.69, 9.17) is 58.6 Å². The number of hydrogen-bond donors (Lipinski definition) is 3. The Hall–Kier alpha value is -1.50. The van der Waals surface area contributed by atoms with Gasteiger partial charge in [-0.3, -0.25) is 4.79 Å². The van der Waals surface area contributed by atoms with E-state index in [0.29, 0.717) is 10.7 Å². The van der Waals surface area contributed by atoms with Crippen LogP contribution in [-0.2, 0) is 4.79 Å². The summed E-state index contributed by atoms with van der Waals surface area (Å²) in [5.41, 5.74) is 1.44. The first kappa shape index (κ1) is 21.8. The number of carbonyl (C=O) groups excluding carboxylic acids is 1. The molecule has 2 aromatic rings. The number of halogens is 4. The first-order valence-electron chi connectivity index (χ1n) is 7.68. The molecule has 1 unspecified atom stereocenters. The first-order chi connectivity index (χ1) is 12.8. The van der Waals surface area contributed by atoms with Gasteiger partial charge >= 0.3 is 0 Å². The van der Waals surface area contributed by atoms with E-state index in [0.717, 1.165) is 5.56 Å². The Morgan fingerprint density at radius 1 is 1.00 bits per heavy atom. The molecular weight excluding hydrogens is 448 g/mol. The van der Waals surface area contributed by atoms with Gasteiger partial charge in [0, 0.05) is 6.08 Å². The second-order valence-corrected chi connectivity index (χ2v) is 8.49. The van der Waals surface area contributed by atoms with Gasteiger partial charge in [0.1, 0.15) is 6.17 Å². The number of benzene rings is 2. The van der Waals surface area contributed by atoms with E-state index in [2.05, 4.69) is 16.0 Å². The summed E-state index contributed by atoms with van der Waals surface area (Å²) in [6.45, 7) is 0. The molecule has 1 atom stereocenters. The molecule has 0 aliphatic rings. The van der Waals surface area contributed by atoms with Crippen molar-refractivity contribution >= 4 is 81.4 Å². The molecule has 4 nitrogen and oxygen atoms in total. The molecule has 0 saturated heterocycles. The predicted molar refractivity (Wildman–Crippen MR) is 119 cm³/mol. The highest BCUT2D eigenvalue weighted by Crippen LogP contribution is 2.29. The Morgan fingerprint density at radius 2 is 1.63 bits per heavy atom. The summed E-state index contributed by atoms with van der Waals surface area (Å²) in [7, 11) is 0. The summed E-state index contributed by atoms with van der Waals surface area (Å²) in [6.07, 6.45) is 1.91. The Bertz CT molecular complexity index is 825. The van der Waals surface area contributed by atoms with Crippen molar-refractivity contribution in [3.05, 3.63) is 71.3 Å². The van der Waals surface area contributed by atoms with Gasteiger partial charge in [-0.25, -0.2) is 0 Å². The van der Waals surface area contributed by atoms with Gasteiger partial charge < -0.3 is 16.0 Å². The third-order valence-electron chi connectivity index (χ3n) is 3.24. The highest BCUT2D eigenvalue weighted by Gasteiger charge is 2.34. The first-order valence-corrected chi connectivity index (χ1v) is 9.60. The van der Waals surface area contributed by atoms with E-state index in [-0.39, 0.29) is 5.11 Å². The van der Waals surface area contributed by atoms with E-state index in [1.165, 1.54) is 6.08 Å². The maximum Gasteiger partial charge on any atom is 0.245 e. The van der Waals surface area contributed by atoms with Gasteiger partial charge in [0.2, 0.25) is 9.70 Å². The average Bonchev–Trinajstić information content (AvgIpc) is 2.61. The van der Waals surface area contributed by atoms with Crippen LogP contribution in [0.1, 0.15) is 5.56 Å². The molecule has 0 aliphatic carbocycles. The molecule has 0 spiro atoms. The maximum absolute atomic E-state index is 12.2. The Kier molecular flexibility index (Phi) is 8.20. The summed E-state index contributed by atoms with van der Waals surface area (Å²) < 4.78 is -1.84. The number of thiocarbonyl (C=S) groups is 1. The SMILES string of the molecule is O=C(/C=C/c1ccccc1)NC(NC(=S)Nc1ccccc1Cl)C(Cl)(Cl)Cl. The molecule has 0 saturated carbocycles. The third kappa shape index (κ3) is 7.56. The molecule has 0 heterocycles. The van der Waals surface area contributed by atoms with E-state index < -0.39 is 15.9 Å². The lowest BCUT2D eigenvalue weighted by atomic mass is 10.2. The van der Waals surface area contributed by atoms with Crippen molar-refractivity contribution in [2.24, 2.45) is 0 Å². The Balaban J connectivity index is 2.00. The van der Waals surface area contributed by atoms with Gasteiger partial charge in [0.05, 0.1) is 10.7 Å². The zero-order valence-electron chi connectivity index (χ0n) is 13.8. The van der Waals surface area contributed by atoms with Crippen LogP contribution in [0.5, 0.6) is 0 Å². The second-order valence-electron chi connectivity index (χ2n) is 5.31. The fourth-order valence-electron chi connectivity index (χ4n) is 1.98. The van der Waals surface area contributed by atoms with Gasteiger partial charge in [0.25, 0.3) is 0 Å². The van der Waals surface area contributed by atoms with Crippen molar-refractivity contribution in [3.63, 3.8) is 0 Å². The fraction of sp³-hybridized carbons (Fsp3) is 0.111. The zero-order valence-corrected chi connectivity index (χ0v) is 17.6. The standard InChI is InChI=1S/C18H15Cl4N3OS/c19-13-8-4-5-9-14(13)23-17(27)25-16(18(20,21)22)24-15(26)11-10-12-6-2-1-3-7-12/h1-11,16H,(H,24,26)(H2,23,25,27)/b11-10+. The highest BCUT2D eigenvalue weighted by atomic mass is 35.6. The minimum Gasteiger partial charge on any atom is -0.339 e. The molecule has 0 aromatic heterocycles. The average molecular weight is 463 g/mol. The maximum atomic E-state index is 12.2. The molecule has 3 N–H and O–H groups in total. The lowest BCUT2D eigenvalue weighted by Crippen LogP contribution is -2.55. The summed E-state index contributed by atoms with van der Waals surface area (Å²) in [6, 6.07) is 16.3. The summed E-state index contributed by atoms with van der Waals surface area (Å²) in [5.74, 6) is -0.455. The van der Waals surface area contributed by atoms with Gasteiger partial charge in [-0.2, -0.15) is 0 Å². The van der Waals surface area contributed by atoms with E-state index in [1.807, 2.05) is 30.3 Å². The van der Waals surface area contributed by atoms with E-state index in [1.54, 1.807) is 30.3 Å². The fourth-order valence-corrected chi connectivity index (χ4v) is 2.72. The van der Waals surface area contributed by atoms with E-state index >= 15 is 0 Å². The van der Waals surface area contributed by atoms with Gasteiger partial charge in [-0.05, 0) is 36.0 Å². The lowest BCUT2D eigenvalue weighted by molar-refractivity contribution is -0.117. The number of alkyl halides is 3. The number of anilines is 1. The van der Waals surface area contributed by atoms with Crippen molar-refractivity contribution in [3.8, 4) is 0 Å². The number of amides is 1. The van der Waals surface area contributed by atoms with Crippen molar-refractivity contribution in [1.29, 1.82) is 0 Å². The van der Waals surface area contributed by atoms with Crippen LogP contribution in [0.3, 0.4) is 0 Å². The van der Waals surface area contributed by atoms with Crippen LogP contribution in [0, 0.1) is 0 Å². The van der Waals surface area contributed by atoms with Crippen LogP contribution >= 0.6 is 58.6 Å². The topological polar surface area (TPSA) is 53.2 Å². The van der Waals surface area contributed by atoms with Crippen LogP contribution in [0.15, 0.2) is 60.7 Å². The summed E-state index contributed by atoms with van der Waals surface area (Å²) in [4.78, 5) is 12.2. The molecule has 0 radical (unpaired) electrons. The third-order valence-corrected chi connectivity index (χ3v) is 4.44. The van der Waals surface area contributed by atoms with Crippen LogP contribution in [0.4, 0.5) is 5.69 Å². The molecule has 1 amide bonds. The molecule has 27 heavy (non-hydrogen) atoms. The quantitative estimate of drug-likeness (QED) is 0.249. The minimum absolute atomic E-state index is 0.131. The monoisotopic (exact) mass is 461 g/mol. The summed E-state index contributed by atoms with van der Waals surface area (Å²) in [5, 5.41) is 8.82. The van der Waals surface area contributed by atoms with Crippen molar-refractivity contribution in [1.82, 2.24) is 10.6 Å². The zero-order chi connectivity index (χ0) is 19.9. The van der Waals surface area contributed by atoms with Crippen LogP contribution in [0.2, 0.25) is 5.02 Å². The Morgan fingerprint density at radius 3 is 2.26 bits per heavy atom. The van der Waals surface area contributed by atoms with Gasteiger partial charge in [0.15, 0.2) is 5.11 Å². The van der Waals surface area contributed by atoms with Crippen LogP contribution in [0.25, 0.3) is 6.08 Å². The number of hydrogen-bond acceptors (Lipinski definition) is 2. The molecular formula is C18H15Cl4N3OS. The molecule has 142 valence electrons. The summed E-state index contributed by atoms with van der Waals surface area (Å²) >= 11 is 29.1. The van der Waals surface area contributed by atoms with Gasteiger partial charge in [-0.15, -0.1) is 0 Å². The van der Waals surface area contributed by atoms with Crippen LogP contribution < -0.4 is 16.0 Å². The van der Waals surface area contributed by atoms with E-state index in [9.17, 15) is 4.79 Å². The van der Waals surface area contributed by atoms with Crippen molar-refractivity contribution < 1.29 is 4.79 Å². The van der Waals surface area contributed by atoms with Crippen LogP contribution in [-0.4, -0.2) is 21.0 Å². The molecule has 2 aromatic carbocycles. The smallest absolute Gasteiger partial charge is 0.245 e. The highest BCUT2D eigenvalue weighted by molar-refractivity contribution is 7.80. The van der Waals surface area contributed by atoms with Gasteiger partial charge in [-0.1, -0.05) is 88.9 Å². The number of carbonyl (C=O) groups is 1. The number of rotatable bonds is 5. The van der Waals surface area contributed by atoms with Crippen molar-refractivity contribution in [2.75, 3.05) is 5.32 Å². The largest absolute Gasteiger partial charge is 0.339 e. The predicted octanol–water partition coefficient (Wildman–Crippen LogP) is 5.15. The molecule has 2 rings (SSSR count).